The monoisotopic (exact) mass is 688 g/mol. The Hall–Kier alpha value is -4.98. The van der Waals surface area contributed by atoms with Gasteiger partial charge in [-0.1, -0.05) is 0 Å². The number of amides is 2. The molecular formula is C36H39F3N8O3. The minimum atomic E-state index is -3.20. The van der Waals surface area contributed by atoms with Gasteiger partial charge in [0.25, 0.3) is 17.7 Å². The number of methoxy groups -OCH3 is 1. The van der Waals surface area contributed by atoms with Gasteiger partial charge in [0.2, 0.25) is 0 Å². The predicted molar refractivity (Wildman–Crippen MR) is 182 cm³/mol. The Kier molecular flexibility index (Phi) is 8.53. The van der Waals surface area contributed by atoms with Crippen LogP contribution in [0.15, 0.2) is 42.7 Å². The predicted octanol–water partition coefficient (Wildman–Crippen LogP) is 5.55. The van der Waals surface area contributed by atoms with Crippen molar-refractivity contribution < 1.29 is 27.5 Å². The van der Waals surface area contributed by atoms with Crippen molar-refractivity contribution in [3.63, 3.8) is 0 Å². The fourth-order valence-electron chi connectivity index (χ4n) is 7.28. The average Bonchev–Trinajstić information content (AvgIpc) is 3.60. The highest BCUT2D eigenvalue weighted by molar-refractivity contribution is 6.00. The number of alkyl halides is 2. The molecule has 0 spiro atoms. The van der Waals surface area contributed by atoms with Crippen LogP contribution in [0.4, 0.5) is 13.2 Å². The molecule has 0 aliphatic carbocycles. The number of nitrogens with two attached hydrogens (primary N) is 1. The standard InChI is InChI=1S/C36H39F3N8O3/c1-19-26-10-9-21-14-28(47(32(21)43-26)18-36(38,39)11-5-7-22-16-41-17-24(37)30(22)34(48)42-19)33-44-27-13-23(15-29(50-4)31(27)45(33)3)35(49)46-12-6-8-25(40)20(46)2/h9-10,13-17,19-20,25H,5-8,11-12,18,40H2,1-4H3,(H,42,48)/t19-,20-,25-/m1/s1. The van der Waals surface area contributed by atoms with Crippen molar-refractivity contribution in [2.75, 3.05) is 13.7 Å². The molecule has 5 aromatic rings. The molecule has 7 rings (SSSR count). The summed E-state index contributed by atoms with van der Waals surface area (Å²) in [6.45, 7) is 3.54. The molecule has 3 atom stereocenters. The number of piperidine rings is 1. The number of aryl methyl sites for hydroxylation is 2. The van der Waals surface area contributed by atoms with Crippen LogP contribution in [0.3, 0.4) is 0 Å². The molecule has 1 fully saturated rings. The second-order valence-corrected chi connectivity index (χ2v) is 13.4. The minimum Gasteiger partial charge on any atom is -0.494 e. The molecule has 0 saturated carbocycles. The highest BCUT2D eigenvalue weighted by Gasteiger charge is 2.34. The van der Waals surface area contributed by atoms with E-state index in [9.17, 15) is 14.0 Å². The van der Waals surface area contributed by atoms with Crippen LogP contribution >= 0.6 is 0 Å². The zero-order chi connectivity index (χ0) is 35.5. The van der Waals surface area contributed by atoms with Crippen LogP contribution < -0.4 is 15.8 Å². The molecule has 2 bridgehead atoms. The second kappa shape index (κ2) is 12.7. The molecule has 14 heteroatoms. The zero-order valence-corrected chi connectivity index (χ0v) is 28.3. The number of carbonyl (C=O) groups is 2. The third-order valence-electron chi connectivity index (χ3n) is 10.1. The lowest BCUT2D eigenvalue weighted by atomic mass is 9.97. The molecule has 1 saturated heterocycles. The van der Waals surface area contributed by atoms with E-state index >= 15 is 8.78 Å². The summed E-state index contributed by atoms with van der Waals surface area (Å²) in [5.41, 5.74) is 8.90. The van der Waals surface area contributed by atoms with E-state index in [2.05, 4.69) is 10.3 Å². The number of hydrogen-bond donors (Lipinski definition) is 2. The summed E-state index contributed by atoms with van der Waals surface area (Å²) in [6, 6.07) is 7.68. The number of fused-ring (bicyclic) bond motifs is 3. The van der Waals surface area contributed by atoms with Gasteiger partial charge in [0.05, 0.1) is 48.4 Å². The van der Waals surface area contributed by atoms with Crippen molar-refractivity contribution in [2.24, 2.45) is 12.8 Å². The van der Waals surface area contributed by atoms with Gasteiger partial charge in [-0.15, -0.1) is 0 Å². The molecule has 1 aromatic carbocycles. The molecule has 50 heavy (non-hydrogen) atoms. The smallest absolute Gasteiger partial charge is 0.265 e. The third-order valence-corrected chi connectivity index (χ3v) is 10.1. The van der Waals surface area contributed by atoms with Gasteiger partial charge < -0.3 is 29.8 Å². The average molecular weight is 689 g/mol. The van der Waals surface area contributed by atoms with Gasteiger partial charge in [0.15, 0.2) is 11.6 Å². The number of likely N-dealkylation sites (tertiary alicyclic amines) is 1. The van der Waals surface area contributed by atoms with Crippen LogP contribution in [0.25, 0.3) is 33.6 Å². The molecule has 0 unspecified atom stereocenters. The lowest BCUT2D eigenvalue weighted by Gasteiger charge is -2.37. The number of benzene rings is 1. The first-order chi connectivity index (χ1) is 23.9. The SMILES string of the molecule is COc1cc(C(=O)N2CCC[C@@H](N)[C@H]2C)cc2nc(-c3cc4ccc5nc4n3CC(F)(F)CCCc3cncc(F)c3C(=O)N[C@@H]5C)n(C)c12. The summed E-state index contributed by atoms with van der Waals surface area (Å²) in [4.78, 5) is 42.2. The fraction of sp³-hybridized carbons (Fsp3) is 0.417. The Balaban J connectivity index is 1.34. The van der Waals surface area contributed by atoms with E-state index in [-0.39, 0.29) is 47.6 Å². The van der Waals surface area contributed by atoms with Crippen LogP contribution in [0.1, 0.15) is 77.5 Å². The quantitative estimate of drug-likeness (QED) is 0.254. The summed E-state index contributed by atoms with van der Waals surface area (Å²) in [5, 5.41) is 3.41. The fourth-order valence-corrected chi connectivity index (χ4v) is 7.28. The molecule has 2 aliphatic rings. The lowest BCUT2D eigenvalue weighted by molar-refractivity contribution is -0.0248. The Morgan fingerprint density at radius 2 is 1.92 bits per heavy atom. The first-order valence-electron chi connectivity index (χ1n) is 16.8. The van der Waals surface area contributed by atoms with Crippen molar-refractivity contribution in [1.82, 2.24) is 34.3 Å². The number of nitrogens with one attached hydrogen (secondary N) is 1. The number of imidazole rings is 1. The second-order valence-electron chi connectivity index (χ2n) is 13.4. The molecule has 0 radical (unpaired) electrons. The van der Waals surface area contributed by atoms with E-state index in [1.807, 2.05) is 6.92 Å². The number of halogens is 3. The molecule has 3 N–H and O–H groups in total. The Labute approximate surface area is 286 Å². The van der Waals surface area contributed by atoms with Gasteiger partial charge >= 0.3 is 0 Å². The molecule has 2 amide bonds. The number of rotatable bonds is 3. The van der Waals surface area contributed by atoms with E-state index in [1.165, 1.54) is 17.9 Å². The topological polar surface area (TPSA) is 133 Å². The van der Waals surface area contributed by atoms with Gasteiger partial charge in [0.1, 0.15) is 16.9 Å². The summed E-state index contributed by atoms with van der Waals surface area (Å²) < 4.78 is 55.6. The van der Waals surface area contributed by atoms with Crippen LogP contribution in [-0.4, -0.2) is 72.5 Å². The summed E-state index contributed by atoms with van der Waals surface area (Å²) in [5.74, 6) is -4.07. The van der Waals surface area contributed by atoms with Crippen molar-refractivity contribution in [2.45, 2.75) is 76.5 Å². The lowest BCUT2D eigenvalue weighted by Crippen LogP contribution is -2.52. The van der Waals surface area contributed by atoms with Crippen molar-refractivity contribution in [3.8, 4) is 17.3 Å². The highest BCUT2D eigenvalue weighted by Crippen LogP contribution is 2.37. The number of hydrogen-bond acceptors (Lipinski definition) is 7. The van der Waals surface area contributed by atoms with E-state index in [0.29, 0.717) is 51.5 Å². The maximum absolute atomic E-state index is 15.9. The van der Waals surface area contributed by atoms with Gasteiger partial charge in [0, 0.05) is 49.2 Å². The van der Waals surface area contributed by atoms with E-state index < -0.39 is 36.7 Å². The number of nitrogens with zero attached hydrogens (tertiary/aromatic N) is 6. The van der Waals surface area contributed by atoms with Crippen molar-refractivity contribution in [3.05, 3.63) is 70.9 Å². The summed E-state index contributed by atoms with van der Waals surface area (Å²) >= 11 is 0. The molecular weight excluding hydrogens is 649 g/mol. The zero-order valence-electron chi connectivity index (χ0n) is 28.3. The Bertz CT molecular complexity index is 2140. The number of aromatic nitrogens is 5. The number of carbonyl (C=O) groups excluding carboxylic acids is 2. The Morgan fingerprint density at radius 3 is 2.70 bits per heavy atom. The third kappa shape index (κ3) is 5.84. The molecule has 6 heterocycles. The number of pyridine rings is 2. The van der Waals surface area contributed by atoms with E-state index in [0.717, 1.165) is 19.0 Å². The van der Waals surface area contributed by atoms with Crippen LogP contribution in [0.2, 0.25) is 0 Å². The molecule has 262 valence electrons. The molecule has 2 aliphatic heterocycles. The minimum absolute atomic E-state index is 0.0119. The normalized spacial score (nSPS) is 21.2. The van der Waals surface area contributed by atoms with Crippen LogP contribution in [0.5, 0.6) is 5.75 Å². The molecule has 11 nitrogen and oxygen atoms in total. The first-order valence-corrected chi connectivity index (χ1v) is 16.8. The van der Waals surface area contributed by atoms with Gasteiger partial charge in [-0.3, -0.25) is 14.6 Å². The number of ether oxygens (including phenoxy) is 1. The van der Waals surface area contributed by atoms with Crippen LogP contribution in [-0.2, 0) is 20.0 Å². The maximum Gasteiger partial charge on any atom is 0.265 e. The first kappa shape index (κ1) is 33.5. The van der Waals surface area contributed by atoms with Gasteiger partial charge in [-0.25, -0.2) is 23.1 Å². The van der Waals surface area contributed by atoms with Crippen molar-refractivity contribution >= 4 is 33.9 Å². The van der Waals surface area contributed by atoms with E-state index in [4.69, 9.17) is 20.4 Å². The largest absolute Gasteiger partial charge is 0.494 e. The van der Waals surface area contributed by atoms with Crippen LogP contribution in [0, 0.1) is 5.82 Å². The molecule has 4 aromatic heterocycles. The maximum atomic E-state index is 15.9. The Morgan fingerprint density at radius 1 is 1.12 bits per heavy atom. The summed E-state index contributed by atoms with van der Waals surface area (Å²) in [7, 11) is 3.28. The van der Waals surface area contributed by atoms with E-state index in [1.54, 1.807) is 53.8 Å². The highest BCUT2D eigenvalue weighted by atomic mass is 19.3. The van der Waals surface area contributed by atoms with Crippen molar-refractivity contribution in [1.29, 1.82) is 0 Å². The van der Waals surface area contributed by atoms with Gasteiger partial charge in [-0.05, 0) is 75.4 Å². The summed E-state index contributed by atoms with van der Waals surface area (Å²) in [6.07, 6.45) is 3.45. The van der Waals surface area contributed by atoms with Gasteiger partial charge in [-0.2, -0.15) is 0 Å².